The van der Waals surface area contributed by atoms with Crippen molar-refractivity contribution >= 4 is 5.91 Å². The second-order valence-corrected chi connectivity index (χ2v) is 3.90. The normalized spacial score (nSPS) is 10.4. The third kappa shape index (κ3) is 3.70. The summed E-state index contributed by atoms with van der Waals surface area (Å²) in [6.45, 7) is 3.71. The SMILES string of the molecule is COCCCN(Cc1cccn1C)C(C)=O. The third-order valence-electron chi connectivity index (χ3n) is 2.63. The number of aryl methyl sites for hydroxylation is 1. The van der Waals surface area contributed by atoms with Crippen LogP contribution in [0.2, 0.25) is 0 Å². The zero-order valence-corrected chi connectivity index (χ0v) is 10.3. The van der Waals surface area contributed by atoms with Gasteiger partial charge in [-0.1, -0.05) is 0 Å². The van der Waals surface area contributed by atoms with Crippen LogP contribution in [-0.4, -0.2) is 35.6 Å². The molecule has 0 aliphatic rings. The van der Waals surface area contributed by atoms with Crippen molar-refractivity contribution in [1.29, 1.82) is 0 Å². The molecule has 0 aliphatic heterocycles. The highest BCUT2D eigenvalue weighted by Gasteiger charge is 2.10. The van der Waals surface area contributed by atoms with E-state index in [1.807, 2.05) is 34.8 Å². The van der Waals surface area contributed by atoms with Crippen molar-refractivity contribution in [2.75, 3.05) is 20.3 Å². The largest absolute Gasteiger partial charge is 0.385 e. The number of nitrogens with zero attached hydrogens (tertiary/aromatic N) is 2. The van der Waals surface area contributed by atoms with Gasteiger partial charge in [-0.2, -0.15) is 0 Å². The van der Waals surface area contributed by atoms with Gasteiger partial charge in [-0.05, 0) is 18.6 Å². The van der Waals surface area contributed by atoms with Crippen LogP contribution >= 0.6 is 0 Å². The minimum atomic E-state index is 0.109. The number of aromatic nitrogens is 1. The van der Waals surface area contributed by atoms with E-state index in [9.17, 15) is 4.79 Å². The first-order chi connectivity index (χ1) is 7.65. The minimum Gasteiger partial charge on any atom is -0.385 e. The zero-order chi connectivity index (χ0) is 12.0. The molecule has 0 unspecified atom stereocenters. The summed E-state index contributed by atoms with van der Waals surface area (Å²) < 4.78 is 7.02. The molecule has 0 spiro atoms. The van der Waals surface area contributed by atoms with Crippen molar-refractivity contribution in [3.05, 3.63) is 24.0 Å². The molecule has 4 nitrogen and oxygen atoms in total. The van der Waals surface area contributed by atoms with Crippen LogP contribution < -0.4 is 0 Å². The molecule has 4 heteroatoms. The summed E-state index contributed by atoms with van der Waals surface area (Å²) in [7, 11) is 3.66. The fraction of sp³-hybridized carbons (Fsp3) is 0.583. The number of ether oxygens (including phenoxy) is 1. The summed E-state index contributed by atoms with van der Waals surface area (Å²) in [5.74, 6) is 0.109. The van der Waals surface area contributed by atoms with Gasteiger partial charge in [0.25, 0.3) is 0 Å². The molecule has 0 saturated heterocycles. The summed E-state index contributed by atoms with van der Waals surface area (Å²) in [6, 6.07) is 4.02. The van der Waals surface area contributed by atoms with Crippen LogP contribution in [0.25, 0.3) is 0 Å². The van der Waals surface area contributed by atoms with E-state index in [4.69, 9.17) is 4.74 Å². The van der Waals surface area contributed by atoms with Gasteiger partial charge in [-0.25, -0.2) is 0 Å². The Kier molecular flexibility index (Phi) is 5.05. The maximum atomic E-state index is 11.5. The molecule has 0 aliphatic carbocycles. The highest BCUT2D eigenvalue weighted by Crippen LogP contribution is 2.06. The van der Waals surface area contributed by atoms with Gasteiger partial charge in [0, 0.05) is 46.1 Å². The van der Waals surface area contributed by atoms with E-state index < -0.39 is 0 Å². The molecule has 0 aromatic carbocycles. The first kappa shape index (κ1) is 12.8. The summed E-state index contributed by atoms with van der Waals surface area (Å²) in [5, 5.41) is 0. The highest BCUT2D eigenvalue weighted by atomic mass is 16.5. The number of carbonyl (C=O) groups is 1. The van der Waals surface area contributed by atoms with Crippen LogP contribution in [0, 0.1) is 0 Å². The number of methoxy groups -OCH3 is 1. The topological polar surface area (TPSA) is 34.5 Å². The lowest BCUT2D eigenvalue weighted by molar-refractivity contribution is -0.129. The minimum absolute atomic E-state index is 0.109. The van der Waals surface area contributed by atoms with Crippen LogP contribution in [0.15, 0.2) is 18.3 Å². The standard InChI is InChI=1S/C12H20N2O2/c1-11(15)14(8-5-9-16-3)10-12-6-4-7-13(12)2/h4,6-7H,5,8-10H2,1-3H3. The van der Waals surface area contributed by atoms with Crippen LogP contribution in [0.4, 0.5) is 0 Å². The Morgan fingerprint density at radius 3 is 2.81 bits per heavy atom. The molecule has 90 valence electrons. The molecule has 1 heterocycles. The number of carbonyl (C=O) groups excluding carboxylic acids is 1. The molecular formula is C12H20N2O2. The smallest absolute Gasteiger partial charge is 0.219 e. The van der Waals surface area contributed by atoms with E-state index in [2.05, 4.69) is 0 Å². The molecule has 0 bridgehead atoms. The molecule has 1 aromatic rings. The van der Waals surface area contributed by atoms with Gasteiger partial charge in [-0.15, -0.1) is 0 Å². The number of hydrogen-bond acceptors (Lipinski definition) is 2. The Balaban J connectivity index is 2.51. The first-order valence-corrected chi connectivity index (χ1v) is 5.50. The van der Waals surface area contributed by atoms with E-state index >= 15 is 0 Å². The van der Waals surface area contributed by atoms with Crippen molar-refractivity contribution < 1.29 is 9.53 Å². The number of hydrogen-bond donors (Lipinski definition) is 0. The van der Waals surface area contributed by atoms with Gasteiger partial charge in [0.2, 0.25) is 5.91 Å². The van der Waals surface area contributed by atoms with Crippen LogP contribution in [0.3, 0.4) is 0 Å². The summed E-state index contributed by atoms with van der Waals surface area (Å²) in [5.41, 5.74) is 1.15. The second-order valence-electron chi connectivity index (χ2n) is 3.90. The summed E-state index contributed by atoms with van der Waals surface area (Å²) in [4.78, 5) is 13.3. The predicted octanol–water partition coefficient (Wildman–Crippen LogP) is 1.41. The lowest BCUT2D eigenvalue weighted by Gasteiger charge is -2.21. The second kappa shape index (κ2) is 6.33. The molecule has 0 saturated carbocycles. The lowest BCUT2D eigenvalue weighted by atomic mass is 10.3. The molecule has 1 amide bonds. The van der Waals surface area contributed by atoms with E-state index in [0.717, 1.165) is 18.7 Å². The Hall–Kier alpha value is -1.29. The fourth-order valence-electron chi connectivity index (χ4n) is 1.60. The van der Waals surface area contributed by atoms with Crippen molar-refractivity contribution in [3.8, 4) is 0 Å². The molecule has 1 aromatic heterocycles. The molecule has 0 N–H and O–H groups in total. The van der Waals surface area contributed by atoms with Gasteiger partial charge < -0.3 is 14.2 Å². The fourth-order valence-corrected chi connectivity index (χ4v) is 1.60. The van der Waals surface area contributed by atoms with Gasteiger partial charge in [0.05, 0.1) is 6.54 Å². The average molecular weight is 224 g/mol. The average Bonchev–Trinajstić information content (AvgIpc) is 2.63. The highest BCUT2D eigenvalue weighted by molar-refractivity contribution is 5.73. The first-order valence-electron chi connectivity index (χ1n) is 5.50. The van der Waals surface area contributed by atoms with Crippen molar-refractivity contribution in [2.24, 2.45) is 7.05 Å². The molecular weight excluding hydrogens is 204 g/mol. The van der Waals surface area contributed by atoms with Crippen LogP contribution in [0.5, 0.6) is 0 Å². The number of rotatable bonds is 6. The van der Waals surface area contributed by atoms with Gasteiger partial charge in [0.15, 0.2) is 0 Å². The summed E-state index contributed by atoms with van der Waals surface area (Å²) in [6.07, 6.45) is 2.86. The van der Waals surface area contributed by atoms with Crippen molar-refractivity contribution in [1.82, 2.24) is 9.47 Å². The third-order valence-corrected chi connectivity index (χ3v) is 2.63. The van der Waals surface area contributed by atoms with Crippen LogP contribution in [-0.2, 0) is 23.1 Å². The van der Waals surface area contributed by atoms with E-state index in [1.165, 1.54) is 0 Å². The van der Waals surface area contributed by atoms with Gasteiger partial charge in [0.1, 0.15) is 0 Å². The molecule has 16 heavy (non-hydrogen) atoms. The Morgan fingerprint density at radius 2 is 2.31 bits per heavy atom. The molecule has 0 fully saturated rings. The van der Waals surface area contributed by atoms with E-state index in [-0.39, 0.29) is 5.91 Å². The van der Waals surface area contributed by atoms with Gasteiger partial charge in [-0.3, -0.25) is 4.79 Å². The quantitative estimate of drug-likeness (QED) is 0.685. The van der Waals surface area contributed by atoms with Crippen LogP contribution in [0.1, 0.15) is 19.0 Å². The number of amides is 1. The Bertz CT molecular complexity index is 334. The monoisotopic (exact) mass is 224 g/mol. The van der Waals surface area contributed by atoms with Crippen molar-refractivity contribution in [3.63, 3.8) is 0 Å². The summed E-state index contributed by atoms with van der Waals surface area (Å²) >= 11 is 0. The Morgan fingerprint density at radius 1 is 1.56 bits per heavy atom. The molecule has 1 rings (SSSR count). The Labute approximate surface area is 96.8 Å². The predicted molar refractivity (Wildman–Crippen MR) is 63.0 cm³/mol. The zero-order valence-electron chi connectivity index (χ0n) is 10.3. The molecule has 0 atom stereocenters. The maximum absolute atomic E-state index is 11.5. The van der Waals surface area contributed by atoms with Crippen molar-refractivity contribution in [2.45, 2.75) is 19.9 Å². The maximum Gasteiger partial charge on any atom is 0.219 e. The molecule has 0 radical (unpaired) electrons. The van der Waals surface area contributed by atoms with Gasteiger partial charge >= 0.3 is 0 Å². The van der Waals surface area contributed by atoms with E-state index in [1.54, 1.807) is 14.0 Å². The lowest BCUT2D eigenvalue weighted by Crippen LogP contribution is -2.30. The van der Waals surface area contributed by atoms with E-state index in [0.29, 0.717) is 13.2 Å².